The molecule has 0 saturated heterocycles. The van der Waals surface area contributed by atoms with Crippen LogP contribution < -0.4 is 10.3 Å². The SMILES string of the molecule is COc1cc(C(F)(F)F)c2nc3c(n2c1)C[C@@H](C(C)(C)C)c1cc(C(=O)O)c(=O)[nH]c1-3. The van der Waals surface area contributed by atoms with E-state index in [0.29, 0.717) is 17.7 Å². The molecule has 164 valence electrons. The van der Waals surface area contributed by atoms with Gasteiger partial charge in [0.1, 0.15) is 28.2 Å². The highest BCUT2D eigenvalue weighted by molar-refractivity contribution is 5.88. The van der Waals surface area contributed by atoms with Gasteiger partial charge >= 0.3 is 12.1 Å². The maximum atomic E-state index is 13.7. The first-order valence-electron chi connectivity index (χ1n) is 9.50. The highest BCUT2D eigenvalue weighted by Crippen LogP contribution is 2.47. The lowest BCUT2D eigenvalue weighted by atomic mass is 9.70. The van der Waals surface area contributed by atoms with Gasteiger partial charge < -0.3 is 14.8 Å². The minimum Gasteiger partial charge on any atom is -0.495 e. The van der Waals surface area contributed by atoms with Crippen molar-refractivity contribution < 1.29 is 27.8 Å². The molecule has 2 N–H and O–H groups in total. The second kappa shape index (κ2) is 6.60. The van der Waals surface area contributed by atoms with Gasteiger partial charge in [0.25, 0.3) is 5.56 Å². The van der Waals surface area contributed by atoms with Crippen molar-refractivity contribution in [2.75, 3.05) is 7.11 Å². The molecule has 3 aromatic rings. The molecule has 1 aliphatic carbocycles. The number of carboxylic acid groups (broad SMARTS) is 1. The fraction of sp³-hybridized carbons (Fsp3) is 0.381. The molecule has 3 heterocycles. The third-order valence-electron chi connectivity index (χ3n) is 5.69. The zero-order valence-corrected chi connectivity index (χ0v) is 17.2. The number of alkyl halides is 3. The number of ether oxygens (including phenoxy) is 1. The molecular formula is C21H20F3N3O4. The normalized spacial score (nSPS) is 16.2. The number of carboxylic acids is 1. The van der Waals surface area contributed by atoms with E-state index < -0.39 is 28.8 Å². The van der Waals surface area contributed by atoms with Gasteiger partial charge in [-0.1, -0.05) is 20.8 Å². The molecule has 0 aromatic carbocycles. The second-order valence-corrected chi connectivity index (χ2v) is 8.66. The number of methoxy groups -OCH3 is 1. The molecule has 0 radical (unpaired) electrons. The molecule has 1 atom stereocenters. The van der Waals surface area contributed by atoms with Crippen LogP contribution in [0.3, 0.4) is 0 Å². The molecule has 31 heavy (non-hydrogen) atoms. The third-order valence-corrected chi connectivity index (χ3v) is 5.69. The molecule has 0 amide bonds. The van der Waals surface area contributed by atoms with Crippen molar-refractivity contribution in [1.29, 1.82) is 0 Å². The van der Waals surface area contributed by atoms with Crippen LogP contribution in [0.25, 0.3) is 17.0 Å². The number of rotatable bonds is 2. The molecule has 0 saturated carbocycles. The Morgan fingerprint density at radius 3 is 2.52 bits per heavy atom. The summed E-state index contributed by atoms with van der Waals surface area (Å²) < 4.78 is 47.6. The summed E-state index contributed by atoms with van der Waals surface area (Å²) in [5.74, 6) is -1.63. The van der Waals surface area contributed by atoms with E-state index in [0.717, 1.165) is 6.07 Å². The third kappa shape index (κ3) is 3.26. The van der Waals surface area contributed by atoms with E-state index in [1.165, 1.54) is 23.8 Å². The number of nitrogens with zero attached hydrogens (tertiary/aromatic N) is 2. The van der Waals surface area contributed by atoms with Crippen LogP contribution in [0.2, 0.25) is 0 Å². The smallest absolute Gasteiger partial charge is 0.420 e. The monoisotopic (exact) mass is 435 g/mol. The number of H-pyrrole nitrogens is 1. The Bertz CT molecular complexity index is 1280. The first-order chi connectivity index (χ1) is 14.3. The summed E-state index contributed by atoms with van der Waals surface area (Å²) >= 11 is 0. The summed E-state index contributed by atoms with van der Waals surface area (Å²) in [6, 6.07) is 2.19. The Balaban J connectivity index is 2.11. The molecule has 0 spiro atoms. The maximum Gasteiger partial charge on any atom is 0.420 e. The predicted molar refractivity (Wildman–Crippen MR) is 106 cm³/mol. The van der Waals surface area contributed by atoms with Crippen LogP contribution in [0.5, 0.6) is 5.75 Å². The largest absolute Gasteiger partial charge is 0.495 e. The van der Waals surface area contributed by atoms with E-state index in [-0.39, 0.29) is 34.1 Å². The van der Waals surface area contributed by atoms with Crippen LogP contribution >= 0.6 is 0 Å². The molecule has 0 aliphatic heterocycles. The van der Waals surface area contributed by atoms with Crippen molar-refractivity contribution in [1.82, 2.24) is 14.4 Å². The average molecular weight is 435 g/mol. The Morgan fingerprint density at radius 2 is 1.97 bits per heavy atom. The standard InChI is InChI=1S/C21H20F3N3O4/c1-20(2,3)12-7-14-16(15-10(12)6-11(19(29)30)18(28)26-15)25-17-13(21(22,23)24)5-9(31-4)8-27(14)17/h5-6,8,12H,7H2,1-4H3,(H,26,28)(H,29,30)/t12-/m1/s1. The molecule has 3 aromatic heterocycles. The van der Waals surface area contributed by atoms with Gasteiger partial charge in [-0.25, -0.2) is 9.78 Å². The first kappa shape index (κ1) is 21.0. The van der Waals surface area contributed by atoms with Gasteiger partial charge in [-0.3, -0.25) is 9.20 Å². The lowest BCUT2D eigenvalue weighted by molar-refractivity contribution is -0.136. The minimum atomic E-state index is -4.67. The lowest BCUT2D eigenvalue weighted by Gasteiger charge is -2.35. The van der Waals surface area contributed by atoms with Crippen LogP contribution in [0.15, 0.2) is 23.1 Å². The molecular weight excluding hydrogens is 415 g/mol. The van der Waals surface area contributed by atoms with Gasteiger partial charge in [-0.05, 0) is 35.4 Å². The van der Waals surface area contributed by atoms with Gasteiger partial charge in [0.05, 0.1) is 24.7 Å². The van der Waals surface area contributed by atoms with E-state index in [4.69, 9.17) is 4.74 Å². The summed E-state index contributed by atoms with van der Waals surface area (Å²) in [6.45, 7) is 5.84. The number of hydrogen-bond donors (Lipinski definition) is 2. The average Bonchev–Trinajstić information content (AvgIpc) is 3.02. The number of imidazole rings is 1. The fourth-order valence-corrected chi connectivity index (χ4v) is 4.13. The van der Waals surface area contributed by atoms with Crippen LogP contribution in [0.1, 0.15) is 53.9 Å². The van der Waals surface area contributed by atoms with E-state index >= 15 is 0 Å². The summed E-state index contributed by atoms with van der Waals surface area (Å²) in [5, 5.41) is 9.37. The van der Waals surface area contributed by atoms with Crippen molar-refractivity contribution in [3.63, 3.8) is 0 Å². The van der Waals surface area contributed by atoms with Crippen LogP contribution in [-0.4, -0.2) is 32.6 Å². The van der Waals surface area contributed by atoms with Crippen LogP contribution in [0.4, 0.5) is 13.2 Å². The van der Waals surface area contributed by atoms with Crippen molar-refractivity contribution in [3.8, 4) is 17.1 Å². The number of carbonyl (C=O) groups is 1. The van der Waals surface area contributed by atoms with Crippen molar-refractivity contribution >= 4 is 11.6 Å². The fourth-order valence-electron chi connectivity index (χ4n) is 4.13. The summed E-state index contributed by atoms with van der Waals surface area (Å²) in [5.41, 5.74) is -1.42. The molecule has 7 nitrogen and oxygen atoms in total. The topological polar surface area (TPSA) is 96.7 Å². The van der Waals surface area contributed by atoms with E-state index in [1.54, 1.807) is 0 Å². The summed E-state index contributed by atoms with van der Waals surface area (Å²) in [6.07, 6.45) is -2.93. The van der Waals surface area contributed by atoms with Gasteiger partial charge in [-0.15, -0.1) is 0 Å². The van der Waals surface area contributed by atoms with Crippen molar-refractivity contribution in [3.05, 3.63) is 51.1 Å². The number of fused-ring (bicyclic) bond motifs is 5. The van der Waals surface area contributed by atoms with Crippen molar-refractivity contribution in [2.24, 2.45) is 5.41 Å². The van der Waals surface area contributed by atoms with Crippen LogP contribution in [-0.2, 0) is 12.6 Å². The second-order valence-electron chi connectivity index (χ2n) is 8.66. The lowest BCUT2D eigenvalue weighted by Crippen LogP contribution is -2.29. The quantitative estimate of drug-likeness (QED) is 0.632. The zero-order valence-electron chi connectivity index (χ0n) is 17.2. The Hall–Kier alpha value is -3.30. The number of halogens is 3. The van der Waals surface area contributed by atoms with Gasteiger partial charge in [0.2, 0.25) is 0 Å². The van der Waals surface area contributed by atoms with Crippen LogP contribution in [0, 0.1) is 5.41 Å². The highest BCUT2D eigenvalue weighted by Gasteiger charge is 2.40. The van der Waals surface area contributed by atoms with E-state index in [1.807, 2.05) is 20.8 Å². The summed E-state index contributed by atoms with van der Waals surface area (Å²) in [4.78, 5) is 30.7. The Morgan fingerprint density at radius 1 is 1.29 bits per heavy atom. The minimum absolute atomic E-state index is 0.0212. The number of aromatic amines is 1. The van der Waals surface area contributed by atoms with Gasteiger partial charge in [0, 0.05) is 0 Å². The predicted octanol–water partition coefficient (Wildman–Crippen LogP) is 4.10. The van der Waals surface area contributed by atoms with E-state index in [2.05, 4.69) is 9.97 Å². The first-order valence-corrected chi connectivity index (χ1v) is 9.50. The molecule has 1 aliphatic rings. The van der Waals surface area contributed by atoms with Gasteiger partial charge in [0.15, 0.2) is 0 Å². The van der Waals surface area contributed by atoms with Gasteiger partial charge in [-0.2, -0.15) is 13.2 Å². The zero-order chi connectivity index (χ0) is 22.9. The molecule has 0 unspecified atom stereocenters. The highest BCUT2D eigenvalue weighted by atomic mass is 19.4. The number of aromatic carboxylic acids is 1. The summed E-state index contributed by atoms with van der Waals surface area (Å²) in [7, 11) is 1.28. The Kier molecular flexibility index (Phi) is 4.46. The number of hydrogen-bond acceptors (Lipinski definition) is 4. The van der Waals surface area contributed by atoms with E-state index in [9.17, 15) is 27.9 Å². The molecule has 0 bridgehead atoms. The molecule has 0 fully saturated rings. The maximum absolute atomic E-state index is 13.7. The molecule has 10 heteroatoms. The number of nitrogens with one attached hydrogen (secondary N) is 1. The molecule has 4 rings (SSSR count). The number of pyridine rings is 2. The van der Waals surface area contributed by atoms with Crippen molar-refractivity contribution in [2.45, 2.75) is 39.3 Å². The Labute approximate surface area is 174 Å². The number of aromatic nitrogens is 3.